The van der Waals surface area contributed by atoms with Crippen LogP contribution < -0.4 is 10.1 Å². The van der Waals surface area contributed by atoms with E-state index >= 15 is 0 Å². The molecular formula is C30H24F3NO6. The van der Waals surface area contributed by atoms with Gasteiger partial charge in [0.05, 0.1) is 6.42 Å². The molecule has 0 radical (unpaired) electrons. The lowest BCUT2D eigenvalue weighted by Crippen LogP contribution is -2.26. The number of carbonyl (C=O) groups excluding carboxylic acids is 3. The molecule has 0 unspecified atom stereocenters. The van der Waals surface area contributed by atoms with E-state index in [1.165, 1.54) is 42.0 Å². The molecule has 40 heavy (non-hydrogen) atoms. The molecule has 4 rings (SSSR count). The number of carboxylic acids is 1. The molecule has 0 fully saturated rings. The molecule has 1 aliphatic carbocycles. The number of carbonyl (C=O) groups is 4. The van der Waals surface area contributed by atoms with Crippen LogP contribution in [0.4, 0.5) is 13.2 Å². The van der Waals surface area contributed by atoms with Gasteiger partial charge in [-0.15, -0.1) is 13.2 Å². The number of halogens is 3. The molecule has 206 valence electrons. The van der Waals surface area contributed by atoms with Gasteiger partial charge in [0.25, 0.3) is 5.91 Å². The summed E-state index contributed by atoms with van der Waals surface area (Å²) in [5.74, 6) is -3.09. The van der Waals surface area contributed by atoms with Crippen molar-refractivity contribution in [3.05, 3.63) is 106 Å². The van der Waals surface area contributed by atoms with Gasteiger partial charge in [0, 0.05) is 28.8 Å². The van der Waals surface area contributed by atoms with Crippen LogP contribution in [0.25, 0.3) is 5.57 Å². The molecule has 0 bridgehead atoms. The van der Waals surface area contributed by atoms with E-state index in [-0.39, 0.29) is 35.2 Å². The lowest BCUT2D eigenvalue weighted by Gasteiger charge is -2.11. The summed E-state index contributed by atoms with van der Waals surface area (Å²) in [6.07, 6.45) is -1.20. The van der Waals surface area contributed by atoms with E-state index < -0.39 is 35.6 Å². The smallest absolute Gasteiger partial charge is 0.481 e. The molecule has 0 atom stereocenters. The molecule has 3 aromatic carbocycles. The van der Waals surface area contributed by atoms with Crippen molar-refractivity contribution in [3.8, 4) is 5.75 Å². The molecule has 1 aliphatic rings. The number of benzene rings is 3. The number of amides is 1. The number of nitrogens with one attached hydrogen (secondary N) is 1. The first-order chi connectivity index (χ1) is 19.0. The van der Waals surface area contributed by atoms with Gasteiger partial charge in [-0.3, -0.25) is 19.2 Å². The Balaban J connectivity index is 1.62. The number of hydrogen-bond acceptors (Lipinski definition) is 5. The van der Waals surface area contributed by atoms with Crippen molar-refractivity contribution < 1.29 is 42.2 Å². The zero-order chi connectivity index (χ0) is 28.9. The minimum absolute atomic E-state index is 0.0501. The summed E-state index contributed by atoms with van der Waals surface area (Å²) >= 11 is 0. The lowest BCUT2D eigenvalue weighted by molar-refractivity contribution is -0.274. The largest absolute Gasteiger partial charge is 0.573 e. The number of carboxylic acid groups (broad SMARTS) is 1. The molecule has 10 heteroatoms. The number of alkyl halides is 3. The predicted molar refractivity (Wildman–Crippen MR) is 139 cm³/mol. The van der Waals surface area contributed by atoms with E-state index in [0.717, 1.165) is 43.0 Å². The van der Waals surface area contributed by atoms with Crippen LogP contribution in [0.3, 0.4) is 0 Å². The maximum absolute atomic E-state index is 13.6. The third kappa shape index (κ3) is 7.22. The Hall–Kier alpha value is -4.73. The zero-order valence-electron chi connectivity index (χ0n) is 21.1. The van der Waals surface area contributed by atoms with Gasteiger partial charge in [-0.2, -0.15) is 0 Å². The third-order valence-corrected chi connectivity index (χ3v) is 6.34. The molecule has 3 aromatic rings. The van der Waals surface area contributed by atoms with Crippen LogP contribution in [0, 0.1) is 0 Å². The zero-order valence-corrected chi connectivity index (χ0v) is 21.1. The van der Waals surface area contributed by atoms with E-state index in [0.29, 0.717) is 5.56 Å². The summed E-state index contributed by atoms with van der Waals surface area (Å²) in [7, 11) is 0. The minimum Gasteiger partial charge on any atom is -0.481 e. The van der Waals surface area contributed by atoms with Gasteiger partial charge < -0.3 is 15.2 Å². The molecule has 0 aliphatic heterocycles. The summed E-state index contributed by atoms with van der Waals surface area (Å²) in [6, 6.07) is 15.7. The standard InChI is InChI=1S/C30H24F3NO6/c31-30(32,33)40-24-12-10-19(11-13-24)26(35)17-25(23-9-4-18-2-1-3-22(18)16-23)28(38)20-5-7-21(8-6-20)29(39)34-15-14-27(36)37/h4-13,16-17H,1-3,14-15H2,(H,34,39)(H,36,37)/b25-17+. The Labute approximate surface area is 227 Å². The first-order valence-corrected chi connectivity index (χ1v) is 12.4. The molecule has 0 saturated heterocycles. The third-order valence-electron chi connectivity index (χ3n) is 6.34. The fourth-order valence-electron chi connectivity index (χ4n) is 4.37. The van der Waals surface area contributed by atoms with E-state index in [4.69, 9.17) is 5.11 Å². The number of fused-ring (bicyclic) bond motifs is 1. The van der Waals surface area contributed by atoms with Gasteiger partial charge in [0.15, 0.2) is 11.6 Å². The quantitative estimate of drug-likeness (QED) is 0.257. The Bertz CT molecular complexity index is 1470. The maximum atomic E-state index is 13.6. The van der Waals surface area contributed by atoms with E-state index in [2.05, 4.69) is 10.1 Å². The Morgan fingerprint density at radius 3 is 2.08 bits per heavy atom. The van der Waals surface area contributed by atoms with Crippen LogP contribution in [0.2, 0.25) is 0 Å². The molecule has 0 spiro atoms. The molecule has 1 amide bonds. The van der Waals surface area contributed by atoms with Gasteiger partial charge in [-0.25, -0.2) is 0 Å². The highest BCUT2D eigenvalue weighted by molar-refractivity contribution is 6.32. The summed E-state index contributed by atoms with van der Waals surface area (Å²) < 4.78 is 41.3. The molecule has 0 heterocycles. The topological polar surface area (TPSA) is 110 Å². The number of rotatable bonds is 10. The predicted octanol–water partition coefficient (Wildman–Crippen LogP) is 5.43. The van der Waals surface area contributed by atoms with Crippen molar-refractivity contribution in [1.82, 2.24) is 5.32 Å². The van der Waals surface area contributed by atoms with Crippen LogP contribution in [0.5, 0.6) is 5.75 Å². The van der Waals surface area contributed by atoms with Gasteiger partial charge in [0.1, 0.15) is 5.75 Å². The van der Waals surface area contributed by atoms with E-state index in [1.54, 1.807) is 6.07 Å². The van der Waals surface area contributed by atoms with Crippen molar-refractivity contribution in [3.63, 3.8) is 0 Å². The SMILES string of the molecule is O=C(O)CCNC(=O)c1ccc(C(=O)/C(=C/C(=O)c2ccc(OC(F)(F)F)cc2)c2ccc3c(c2)CCC3)cc1. The molecule has 7 nitrogen and oxygen atoms in total. The average Bonchev–Trinajstić information content (AvgIpc) is 3.38. The first-order valence-electron chi connectivity index (χ1n) is 12.4. The summed E-state index contributed by atoms with van der Waals surface area (Å²) in [5.41, 5.74) is 3.35. The Morgan fingerprint density at radius 1 is 0.825 bits per heavy atom. The highest BCUT2D eigenvalue weighted by Gasteiger charge is 2.31. The first kappa shape index (κ1) is 28.3. The van der Waals surface area contributed by atoms with Gasteiger partial charge in [-0.05, 0) is 78.4 Å². The lowest BCUT2D eigenvalue weighted by atomic mass is 9.92. The number of aryl methyl sites for hydroxylation is 2. The monoisotopic (exact) mass is 551 g/mol. The van der Waals surface area contributed by atoms with Crippen LogP contribution >= 0.6 is 0 Å². The van der Waals surface area contributed by atoms with Gasteiger partial charge in [0.2, 0.25) is 0 Å². The van der Waals surface area contributed by atoms with Crippen LogP contribution in [-0.4, -0.2) is 41.5 Å². The molecule has 2 N–H and O–H groups in total. The number of aliphatic carboxylic acids is 1. The number of hydrogen-bond donors (Lipinski definition) is 2. The summed E-state index contributed by atoms with van der Waals surface area (Å²) in [4.78, 5) is 49.6. The number of Topliss-reactive ketones (excluding diaryl/α,β-unsaturated/α-hetero) is 1. The highest BCUT2D eigenvalue weighted by atomic mass is 19.4. The number of ether oxygens (including phenoxy) is 1. The second-order valence-corrected chi connectivity index (χ2v) is 9.14. The van der Waals surface area contributed by atoms with E-state index in [1.807, 2.05) is 12.1 Å². The summed E-state index contributed by atoms with van der Waals surface area (Å²) in [6.45, 7) is -0.0501. The fourth-order valence-corrected chi connectivity index (χ4v) is 4.37. The van der Waals surface area contributed by atoms with Crippen LogP contribution in [0.15, 0.2) is 72.8 Å². The van der Waals surface area contributed by atoms with Crippen LogP contribution in [0.1, 0.15) is 60.6 Å². The van der Waals surface area contributed by atoms with Crippen molar-refractivity contribution in [1.29, 1.82) is 0 Å². The molecule has 0 saturated carbocycles. The van der Waals surface area contributed by atoms with Crippen LogP contribution in [-0.2, 0) is 17.6 Å². The van der Waals surface area contributed by atoms with Gasteiger partial charge in [-0.1, -0.05) is 30.3 Å². The Kier molecular flexibility index (Phi) is 8.47. The second-order valence-electron chi connectivity index (χ2n) is 9.14. The van der Waals surface area contributed by atoms with Crippen molar-refractivity contribution >= 4 is 29.0 Å². The second kappa shape index (κ2) is 12.0. The highest BCUT2D eigenvalue weighted by Crippen LogP contribution is 2.29. The average molecular weight is 552 g/mol. The summed E-state index contributed by atoms with van der Waals surface area (Å²) in [5, 5.41) is 11.2. The fraction of sp³-hybridized carbons (Fsp3) is 0.200. The Morgan fingerprint density at radius 2 is 1.43 bits per heavy atom. The molecule has 0 aromatic heterocycles. The van der Waals surface area contributed by atoms with Crippen molar-refractivity contribution in [2.45, 2.75) is 32.0 Å². The van der Waals surface area contributed by atoms with Crippen molar-refractivity contribution in [2.75, 3.05) is 6.54 Å². The van der Waals surface area contributed by atoms with Crippen molar-refractivity contribution in [2.24, 2.45) is 0 Å². The van der Waals surface area contributed by atoms with E-state index in [9.17, 15) is 32.3 Å². The maximum Gasteiger partial charge on any atom is 0.573 e. The number of allylic oxidation sites excluding steroid dienone is 2. The van der Waals surface area contributed by atoms with Gasteiger partial charge >= 0.3 is 12.3 Å². The minimum atomic E-state index is -4.87. The molecular weight excluding hydrogens is 527 g/mol. The normalized spacial score (nSPS) is 12.9. The number of ketones is 2.